The lowest BCUT2D eigenvalue weighted by Crippen LogP contribution is -2.45. The van der Waals surface area contributed by atoms with Crippen molar-refractivity contribution in [3.63, 3.8) is 0 Å². The molecule has 1 aliphatic heterocycles. The molecular weight excluding hydrogens is 364 g/mol. The van der Waals surface area contributed by atoms with Gasteiger partial charge in [-0.25, -0.2) is 4.98 Å². The van der Waals surface area contributed by atoms with Crippen molar-refractivity contribution in [2.24, 2.45) is 0 Å². The largest absolute Gasteiger partial charge is 0.390 e. The van der Waals surface area contributed by atoms with E-state index < -0.39 is 0 Å². The molecule has 1 atom stereocenters. The molecule has 7 nitrogen and oxygen atoms in total. The number of anilines is 1. The summed E-state index contributed by atoms with van der Waals surface area (Å²) in [7, 11) is 4.23. The van der Waals surface area contributed by atoms with Crippen LogP contribution in [0.4, 0.5) is 5.82 Å². The molecule has 1 unspecified atom stereocenters. The fourth-order valence-electron chi connectivity index (χ4n) is 3.98. The minimum absolute atomic E-state index is 0.0347. The Balaban J connectivity index is 1.64. The Bertz CT molecular complexity index is 949. The number of hydrogen-bond donors (Lipinski definition) is 1. The Kier molecular flexibility index (Phi) is 5.80. The van der Waals surface area contributed by atoms with Gasteiger partial charge in [0.1, 0.15) is 11.5 Å². The van der Waals surface area contributed by atoms with E-state index in [9.17, 15) is 5.11 Å². The predicted molar refractivity (Wildman–Crippen MR) is 115 cm³/mol. The van der Waals surface area contributed by atoms with Crippen molar-refractivity contribution >= 4 is 11.5 Å². The van der Waals surface area contributed by atoms with Gasteiger partial charge in [-0.05, 0) is 45.3 Å². The highest BCUT2D eigenvalue weighted by Crippen LogP contribution is 2.25. The molecule has 4 rings (SSSR count). The van der Waals surface area contributed by atoms with Crippen LogP contribution in [0.3, 0.4) is 0 Å². The van der Waals surface area contributed by atoms with E-state index >= 15 is 0 Å². The minimum Gasteiger partial charge on any atom is -0.390 e. The lowest BCUT2D eigenvalue weighted by molar-refractivity contribution is 0.238. The van der Waals surface area contributed by atoms with Crippen LogP contribution in [0.15, 0.2) is 42.6 Å². The fraction of sp³-hybridized carbons (Fsp3) is 0.455. The molecule has 4 heterocycles. The van der Waals surface area contributed by atoms with Crippen molar-refractivity contribution in [1.29, 1.82) is 0 Å². The summed E-state index contributed by atoms with van der Waals surface area (Å²) in [6.07, 6.45) is 1.83. The summed E-state index contributed by atoms with van der Waals surface area (Å²) in [6.45, 7) is 6.79. The highest BCUT2D eigenvalue weighted by Gasteiger charge is 2.22. The number of rotatable bonds is 6. The molecule has 1 aliphatic rings. The van der Waals surface area contributed by atoms with E-state index in [1.54, 1.807) is 0 Å². The van der Waals surface area contributed by atoms with Crippen molar-refractivity contribution in [3.05, 3.63) is 59.7 Å². The third-order valence-corrected chi connectivity index (χ3v) is 5.95. The molecule has 29 heavy (non-hydrogen) atoms. The first-order valence-corrected chi connectivity index (χ1v) is 10.2. The van der Waals surface area contributed by atoms with Gasteiger partial charge in [-0.2, -0.15) is 0 Å². The second kappa shape index (κ2) is 8.49. The number of hydrogen-bond acceptors (Lipinski definition) is 6. The van der Waals surface area contributed by atoms with Gasteiger partial charge in [0.05, 0.1) is 23.7 Å². The molecular formula is C22H30N6O. The van der Waals surface area contributed by atoms with Gasteiger partial charge in [-0.15, -0.1) is 0 Å². The number of piperazine rings is 1. The number of nitrogens with zero attached hydrogens (tertiary/aromatic N) is 6. The molecule has 0 aliphatic carbocycles. The average Bonchev–Trinajstić information content (AvgIpc) is 3.11. The molecule has 0 bridgehead atoms. The predicted octanol–water partition coefficient (Wildman–Crippen LogP) is 2.17. The van der Waals surface area contributed by atoms with Crippen molar-refractivity contribution in [2.45, 2.75) is 26.1 Å². The van der Waals surface area contributed by atoms with Crippen LogP contribution in [0.1, 0.15) is 30.0 Å². The molecule has 7 heteroatoms. The van der Waals surface area contributed by atoms with Crippen LogP contribution in [0.5, 0.6) is 0 Å². The van der Waals surface area contributed by atoms with Crippen LogP contribution in [-0.4, -0.2) is 69.5 Å². The van der Waals surface area contributed by atoms with Crippen molar-refractivity contribution in [1.82, 2.24) is 24.2 Å². The Morgan fingerprint density at radius 2 is 1.90 bits per heavy atom. The molecule has 0 radical (unpaired) electrons. The van der Waals surface area contributed by atoms with Gasteiger partial charge in [0.2, 0.25) is 0 Å². The van der Waals surface area contributed by atoms with E-state index in [2.05, 4.69) is 57.2 Å². The van der Waals surface area contributed by atoms with E-state index in [1.165, 1.54) is 0 Å². The molecule has 154 valence electrons. The van der Waals surface area contributed by atoms with Crippen LogP contribution in [0.25, 0.3) is 5.65 Å². The van der Waals surface area contributed by atoms with Gasteiger partial charge in [-0.1, -0.05) is 12.1 Å². The third-order valence-electron chi connectivity index (χ3n) is 5.95. The number of pyridine rings is 2. The Morgan fingerprint density at radius 3 is 2.59 bits per heavy atom. The number of imidazole rings is 1. The summed E-state index contributed by atoms with van der Waals surface area (Å²) in [4.78, 5) is 16.3. The van der Waals surface area contributed by atoms with Crippen molar-refractivity contribution in [2.75, 3.05) is 45.2 Å². The number of likely N-dealkylation sites (N-methyl/N-ethyl adjacent to an activating group) is 1. The van der Waals surface area contributed by atoms with Gasteiger partial charge < -0.3 is 14.9 Å². The van der Waals surface area contributed by atoms with Gasteiger partial charge in [0.25, 0.3) is 0 Å². The first-order valence-electron chi connectivity index (χ1n) is 10.2. The fourth-order valence-corrected chi connectivity index (χ4v) is 3.98. The zero-order valence-electron chi connectivity index (χ0n) is 17.5. The number of fused-ring (bicyclic) bond motifs is 1. The zero-order valence-corrected chi connectivity index (χ0v) is 17.5. The van der Waals surface area contributed by atoms with Crippen LogP contribution in [-0.2, 0) is 13.2 Å². The minimum atomic E-state index is -0.0347. The lowest BCUT2D eigenvalue weighted by atomic mass is 10.2. The normalized spacial score (nSPS) is 16.7. The van der Waals surface area contributed by atoms with Crippen molar-refractivity contribution < 1.29 is 5.11 Å². The maximum Gasteiger partial charge on any atom is 0.138 e. The van der Waals surface area contributed by atoms with E-state index in [4.69, 9.17) is 4.98 Å². The first kappa shape index (κ1) is 19.8. The highest BCUT2D eigenvalue weighted by atomic mass is 16.3. The second-order valence-electron chi connectivity index (χ2n) is 7.88. The van der Waals surface area contributed by atoms with Gasteiger partial charge in [0, 0.05) is 45.0 Å². The van der Waals surface area contributed by atoms with Gasteiger partial charge >= 0.3 is 0 Å². The summed E-state index contributed by atoms with van der Waals surface area (Å²) in [5.74, 6) is 1.11. The first-order chi connectivity index (χ1) is 14.1. The monoisotopic (exact) mass is 394 g/mol. The molecule has 3 aromatic rings. The Labute approximate surface area is 172 Å². The molecule has 1 fully saturated rings. The number of aromatic nitrogens is 3. The SMILES string of the molecule is CC(c1ccccn1)N(C)Cc1nc2cccc(N3CCN(C)CC3)n2c1CO. The summed E-state index contributed by atoms with van der Waals surface area (Å²) >= 11 is 0. The van der Waals surface area contributed by atoms with Crippen LogP contribution >= 0.6 is 0 Å². The second-order valence-corrected chi connectivity index (χ2v) is 7.88. The maximum atomic E-state index is 10.2. The Hall–Kier alpha value is -2.48. The molecule has 0 aromatic carbocycles. The summed E-state index contributed by atoms with van der Waals surface area (Å²) < 4.78 is 2.12. The maximum absolute atomic E-state index is 10.2. The number of aliphatic hydroxyl groups is 1. The average molecular weight is 395 g/mol. The molecule has 1 saturated heterocycles. The van der Waals surface area contributed by atoms with Crippen molar-refractivity contribution in [3.8, 4) is 0 Å². The lowest BCUT2D eigenvalue weighted by Gasteiger charge is -2.34. The topological polar surface area (TPSA) is 60.1 Å². The molecule has 3 aromatic heterocycles. The number of aliphatic hydroxyl groups excluding tert-OH is 1. The van der Waals surface area contributed by atoms with Crippen LogP contribution in [0.2, 0.25) is 0 Å². The smallest absolute Gasteiger partial charge is 0.138 e. The van der Waals surface area contributed by atoms with Crippen LogP contribution < -0.4 is 4.90 Å². The standard InChI is InChI=1S/C22H30N6O/c1-17(18-7-4-5-10-23-18)26(3)15-19-20(16-29)28-21(24-19)8-6-9-22(28)27-13-11-25(2)12-14-27/h4-10,17,29H,11-16H2,1-3H3. The van der Waals surface area contributed by atoms with E-state index in [-0.39, 0.29) is 12.6 Å². The summed E-state index contributed by atoms with van der Waals surface area (Å²) in [5.41, 5.74) is 3.70. The van der Waals surface area contributed by atoms with Gasteiger partial charge in [-0.3, -0.25) is 14.3 Å². The third kappa shape index (κ3) is 3.99. The Morgan fingerprint density at radius 1 is 1.10 bits per heavy atom. The molecule has 0 amide bonds. The highest BCUT2D eigenvalue weighted by molar-refractivity contribution is 5.55. The van der Waals surface area contributed by atoms with Crippen LogP contribution in [0, 0.1) is 0 Å². The molecule has 0 spiro atoms. The van der Waals surface area contributed by atoms with E-state index in [0.29, 0.717) is 6.54 Å². The molecule has 1 N–H and O–H groups in total. The van der Waals surface area contributed by atoms with Gasteiger partial charge in [0.15, 0.2) is 0 Å². The van der Waals surface area contributed by atoms with E-state index in [1.807, 2.05) is 30.5 Å². The van der Waals surface area contributed by atoms with E-state index in [0.717, 1.165) is 54.7 Å². The zero-order chi connectivity index (χ0) is 20.4. The molecule has 0 saturated carbocycles. The summed E-state index contributed by atoms with van der Waals surface area (Å²) in [6, 6.07) is 12.4. The summed E-state index contributed by atoms with van der Waals surface area (Å²) in [5, 5.41) is 10.2. The quantitative estimate of drug-likeness (QED) is 0.691.